The Morgan fingerprint density at radius 1 is 1.43 bits per heavy atom. The number of nitrogens with two attached hydrogens (primary N) is 1. The maximum atomic E-state index is 5.51. The molecule has 0 bridgehead atoms. The van der Waals surface area contributed by atoms with Crippen LogP contribution in [-0.4, -0.2) is 32.6 Å². The SMILES string of the molecule is CC(C)Cc1nsc(N2CCCC(c3nnc(N)o3)C2)n1. The maximum Gasteiger partial charge on any atom is 0.312 e. The van der Waals surface area contributed by atoms with Crippen molar-refractivity contribution < 1.29 is 4.42 Å². The first kappa shape index (κ1) is 14.2. The summed E-state index contributed by atoms with van der Waals surface area (Å²) in [7, 11) is 0. The molecule has 0 amide bonds. The first-order valence-electron chi connectivity index (χ1n) is 7.28. The van der Waals surface area contributed by atoms with Gasteiger partial charge in [0.2, 0.25) is 11.0 Å². The second-order valence-corrected chi connectivity index (χ2v) is 6.59. The van der Waals surface area contributed by atoms with E-state index in [1.807, 2.05) is 0 Å². The van der Waals surface area contributed by atoms with Gasteiger partial charge in [0, 0.05) is 31.0 Å². The van der Waals surface area contributed by atoms with E-state index in [2.05, 4.69) is 38.3 Å². The Hall–Kier alpha value is -1.70. The number of rotatable bonds is 4. The van der Waals surface area contributed by atoms with Gasteiger partial charge in [-0.15, -0.1) is 5.10 Å². The quantitative estimate of drug-likeness (QED) is 0.924. The van der Waals surface area contributed by atoms with E-state index in [1.165, 1.54) is 11.5 Å². The lowest BCUT2D eigenvalue weighted by molar-refractivity contribution is 0.406. The van der Waals surface area contributed by atoms with Gasteiger partial charge in [-0.1, -0.05) is 18.9 Å². The normalized spacial score (nSPS) is 19.4. The van der Waals surface area contributed by atoms with Gasteiger partial charge in [0.1, 0.15) is 5.82 Å². The van der Waals surface area contributed by atoms with Gasteiger partial charge in [0.15, 0.2) is 0 Å². The third kappa shape index (κ3) is 3.31. The first-order chi connectivity index (χ1) is 10.1. The predicted molar refractivity (Wildman–Crippen MR) is 81.3 cm³/mol. The van der Waals surface area contributed by atoms with Crippen molar-refractivity contribution in [3.05, 3.63) is 11.7 Å². The Labute approximate surface area is 127 Å². The highest BCUT2D eigenvalue weighted by atomic mass is 32.1. The molecule has 2 N–H and O–H groups in total. The van der Waals surface area contributed by atoms with Crippen LogP contribution < -0.4 is 10.6 Å². The maximum absolute atomic E-state index is 5.51. The molecule has 0 saturated carbocycles. The summed E-state index contributed by atoms with van der Waals surface area (Å²) in [6, 6.07) is 0.136. The molecule has 0 aliphatic carbocycles. The molecular weight excluding hydrogens is 288 g/mol. The molecule has 7 nitrogen and oxygen atoms in total. The zero-order chi connectivity index (χ0) is 14.8. The number of anilines is 2. The van der Waals surface area contributed by atoms with E-state index in [0.29, 0.717) is 11.8 Å². The minimum absolute atomic E-state index is 0.136. The summed E-state index contributed by atoms with van der Waals surface area (Å²) >= 11 is 1.47. The third-order valence-corrected chi connectivity index (χ3v) is 4.36. The van der Waals surface area contributed by atoms with Crippen molar-refractivity contribution in [2.24, 2.45) is 5.92 Å². The van der Waals surface area contributed by atoms with Crippen LogP contribution in [0, 0.1) is 5.92 Å². The largest absolute Gasteiger partial charge is 0.408 e. The summed E-state index contributed by atoms with van der Waals surface area (Å²) in [6.07, 6.45) is 3.04. The molecule has 1 aliphatic rings. The number of hydrogen-bond acceptors (Lipinski definition) is 8. The standard InChI is InChI=1S/C13H20N6OS/c1-8(2)6-10-15-13(21-18-10)19-5-3-4-9(7-19)11-16-17-12(14)20-11/h8-9H,3-7H2,1-2H3,(H2,14,17). The Kier molecular flexibility index (Phi) is 4.05. The van der Waals surface area contributed by atoms with Gasteiger partial charge in [-0.3, -0.25) is 0 Å². The highest BCUT2D eigenvalue weighted by Crippen LogP contribution is 2.30. The van der Waals surface area contributed by atoms with Crippen molar-refractivity contribution in [2.45, 2.75) is 39.0 Å². The lowest BCUT2D eigenvalue weighted by Crippen LogP contribution is -2.34. The van der Waals surface area contributed by atoms with Crippen molar-refractivity contribution in [3.63, 3.8) is 0 Å². The Bertz CT molecular complexity index is 595. The molecule has 0 radical (unpaired) electrons. The summed E-state index contributed by atoms with van der Waals surface area (Å²) in [5.41, 5.74) is 5.51. The summed E-state index contributed by atoms with van der Waals surface area (Å²) in [4.78, 5) is 6.91. The van der Waals surface area contributed by atoms with Gasteiger partial charge in [-0.2, -0.15) is 4.37 Å². The van der Waals surface area contributed by atoms with Crippen molar-refractivity contribution in [2.75, 3.05) is 23.7 Å². The van der Waals surface area contributed by atoms with E-state index in [9.17, 15) is 0 Å². The van der Waals surface area contributed by atoms with E-state index < -0.39 is 0 Å². The van der Waals surface area contributed by atoms with Crippen molar-refractivity contribution in [1.29, 1.82) is 0 Å². The molecule has 0 aromatic carbocycles. The highest BCUT2D eigenvalue weighted by molar-refractivity contribution is 7.09. The lowest BCUT2D eigenvalue weighted by atomic mass is 9.98. The van der Waals surface area contributed by atoms with E-state index in [4.69, 9.17) is 10.2 Å². The molecule has 2 aromatic heterocycles. The van der Waals surface area contributed by atoms with Crippen LogP contribution in [0.1, 0.15) is 44.3 Å². The number of hydrogen-bond donors (Lipinski definition) is 1. The molecular formula is C13H20N6OS. The monoisotopic (exact) mass is 308 g/mol. The van der Waals surface area contributed by atoms with Gasteiger partial charge >= 0.3 is 6.01 Å². The smallest absolute Gasteiger partial charge is 0.312 e. The fourth-order valence-corrected chi connectivity index (χ4v) is 3.32. The van der Waals surface area contributed by atoms with E-state index in [1.54, 1.807) is 0 Å². The molecule has 1 atom stereocenters. The van der Waals surface area contributed by atoms with E-state index in [-0.39, 0.29) is 11.9 Å². The summed E-state index contributed by atoms with van der Waals surface area (Å²) in [5.74, 6) is 2.36. The average molecular weight is 308 g/mol. The Morgan fingerprint density at radius 2 is 2.29 bits per heavy atom. The van der Waals surface area contributed by atoms with Crippen molar-refractivity contribution >= 4 is 22.7 Å². The minimum atomic E-state index is 0.136. The fourth-order valence-electron chi connectivity index (χ4n) is 2.59. The van der Waals surface area contributed by atoms with Crippen LogP contribution >= 0.6 is 11.5 Å². The fraction of sp³-hybridized carbons (Fsp3) is 0.692. The predicted octanol–water partition coefficient (Wildman–Crippen LogP) is 2.09. The molecule has 114 valence electrons. The molecule has 3 rings (SSSR count). The first-order valence-corrected chi connectivity index (χ1v) is 8.05. The Balaban J connectivity index is 1.69. The van der Waals surface area contributed by atoms with Crippen LogP contribution in [0.3, 0.4) is 0 Å². The topological polar surface area (TPSA) is 94.0 Å². The van der Waals surface area contributed by atoms with Gasteiger partial charge in [-0.05, 0) is 18.8 Å². The van der Waals surface area contributed by atoms with Crippen molar-refractivity contribution in [1.82, 2.24) is 19.6 Å². The molecule has 1 saturated heterocycles. The summed E-state index contributed by atoms with van der Waals surface area (Å²) in [6.45, 7) is 6.18. The second-order valence-electron chi connectivity index (χ2n) is 5.85. The zero-order valence-corrected chi connectivity index (χ0v) is 13.1. The van der Waals surface area contributed by atoms with Crippen LogP contribution in [0.4, 0.5) is 11.1 Å². The van der Waals surface area contributed by atoms with E-state index >= 15 is 0 Å². The van der Waals surface area contributed by atoms with Gasteiger partial charge in [0.25, 0.3) is 0 Å². The van der Waals surface area contributed by atoms with Crippen LogP contribution in [0.25, 0.3) is 0 Å². The molecule has 21 heavy (non-hydrogen) atoms. The molecule has 0 spiro atoms. The number of nitrogens with zero attached hydrogens (tertiary/aromatic N) is 5. The van der Waals surface area contributed by atoms with Gasteiger partial charge < -0.3 is 15.1 Å². The van der Waals surface area contributed by atoms with Crippen LogP contribution in [0.5, 0.6) is 0 Å². The average Bonchev–Trinajstić information content (AvgIpc) is 3.07. The number of piperidine rings is 1. The lowest BCUT2D eigenvalue weighted by Gasteiger charge is -2.30. The third-order valence-electron chi connectivity index (χ3n) is 3.55. The number of aromatic nitrogens is 4. The highest BCUT2D eigenvalue weighted by Gasteiger charge is 2.27. The number of nitrogen functional groups attached to an aromatic ring is 1. The van der Waals surface area contributed by atoms with Crippen LogP contribution in [-0.2, 0) is 6.42 Å². The molecule has 8 heteroatoms. The summed E-state index contributed by atoms with van der Waals surface area (Å²) < 4.78 is 9.81. The molecule has 1 aliphatic heterocycles. The molecule has 3 heterocycles. The molecule has 1 unspecified atom stereocenters. The minimum Gasteiger partial charge on any atom is -0.408 e. The second kappa shape index (κ2) is 5.97. The van der Waals surface area contributed by atoms with Crippen LogP contribution in [0.15, 0.2) is 4.42 Å². The van der Waals surface area contributed by atoms with Gasteiger partial charge in [0.05, 0.1) is 5.92 Å². The summed E-state index contributed by atoms with van der Waals surface area (Å²) in [5, 5.41) is 8.74. The van der Waals surface area contributed by atoms with E-state index in [0.717, 1.165) is 43.3 Å². The molecule has 1 fully saturated rings. The Morgan fingerprint density at radius 3 is 3.00 bits per heavy atom. The van der Waals surface area contributed by atoms with Crippen LogP contribution in [0.2, 0.25) is 0 Å². The molecule has 2 aromatic rings. The zero-order valence-electron chi connectivity index (χ0n) is 12.3. The van der Waals surface area contributed by atoms with Crippen molar-refractivity contribution in [3.8, 4) is 0 Å². The van der Waals surface area contributed by atoms with Gasteiger partial charge in [-0.25, -0.2) is 4.98 Å².